The van der Waals surface area contributed by atoms with Crippen molar-refractivity contribution in [1.82, 2.24) is 0 Å². The zero-order chi connectivity index (χ0) is 12.6. The van der Waals surface area contributed by atoms with Crippen LogP contribution >= 0.6 is 0 Å². The minimum Gasteiger partial charge on any atom is -0.508 e. The molecule has 0 heterocycles. The molecule has 4 nitrogen and oxygen atoms in total. The summed E-state index contributed by atoms with van der Waals surface area (Å²) in [6.45, 7) is 0. The molecule has 0 saturated carbocycles. The van der Waals surface area contributed by atoms with Crippen LogP contribution in [0.1, 0.15) is 0 Å². The first-order chi connectivity index (χ1) is 7.99. The van der Waals surface area contributed by atoms with E-state index in [1.807, 2.05) is 0 Å². The highest BCUT2D eigenvalue weighted by Gasteiger charge is 2.15. The van der Waals surface area contributed by atoms with E-state index < -0.39 is 17.3 Å². The first-order valence-corrected chi connectivity index (χ1v) is 4.73. The number of rotatable bonds is 1. The quantitative estimate of drug-likeness (QED) is 0.573. The summed E-state index contributed by atoms with van der Waals surface area (Å²) in [7, 11) is 0. The Kier molecular flexibility index (Phi) is 2.51. The molecule has 0 aliphatic heterocycles. The van der Waals surface area contributed by atoms with Gasteiger partial charge in [-0.05, 0) is 24.3 Å². The summed E-state index contributed by atoms with van der Waals surface area (Å²) < 4.78 is 13.2. The molecular formula is C12H9FO4. The van der Waals surface area contributed by atoms with Crippen molar-refractivity contribution in [3.63, 3.8) is 0 Å². The zero-order valence-electron chi connectivity index (χ0n) is 8.55. The molecule has 2 aromatic carbocycles. The van der Waals surface area contributed by atoms with Gasteiger partial charge in [-0.2, -0.15) is 0 Å². The van der Waals surface area contributed by atoms with Crippen molar-refractivity contribution in [2.75, 3.05) is 0 Å². The molecule has 0 fully saturated rings. The van der Waals surface area contributed by atoms with Gasteiger partial charge in [-0.15, -0.1) is 0 Å². The molecule has 4 N–H and O–H groups in total. The fourth-order valence-corrected chi connectivity index (χ4v) is 1.53. The van der Waals surface area contributed by atoms with Crippen LogP contribution in [0.4, 0.5) is 4.39 Å². The highest BCUT2D eigenvalue weighted by molar-refractivity contribution is 5.77. The number of hydrogen-bond acceptors (Lipinski definition) is 4. The summed E-state index contributed by atoms with van der Waals surface area (Å²) >= 11 is 0. The van der Waals surface area contributed by atoms with Crippen LogP contribution in [0.25, 0.3) is 11.1 Å². The van der Waals surface area contributed by atoms with E-state index in [-0.39, 0.29) is 22.6 Å². The Morgan fingerprint density at radius 3 is 2.12 bits per heavy atom. The number of hydrogen-bond donors (Lipinski definition) is 4. The molecule has 0 aromatic heterocycles. The maximum absolute atomic E-state index is 13.2. The molecule has 2 aromatic rings. The number of aromatic hydroxyl groups is 4. The van der Waals surface area contributed by atoms with Gasteiger partial charge >= 0.3 is 0 Å². The van der Waals surface area contributed by atoms with E-state index in [1.54, 1.807) is 0 Å². The highest BCUT2D eigenvalue weighted by atomic mass is 19.1. The fourth-order valence-electron chi connectivity index (χ4n) is 1.53. The van der Waals surface area contributed by atoms with E-state index in [9.17, 15) is 24.8 Å². The summed E-state index contributed by atoms with van der Waals surface area (Å²) in [5.74, 6) is -2.51. The second kappa shape index (κ2) is 3.86. The number of phenolic OH excluding ortho intramolecular Hbond substituents is 4. The van der Waals surface area contributed by atoms with Crippen LogP contribution in [0.5, 0.6) is 23.0 Å². The van der Waals surface area contributed by atoms with Gasteiger partial charge < -0.3 is 20.4 Å². The standard InChI is InChI=1S/C12H9FO4/c13-10-5-7(15)4-9(12(10)17)8-3-6(14)1-2-11(8)16/h1-5,14-17H. The summed E-state index contributed by atoms with van der Waals surface area (Å²) in [5, 5.41) is 37.6. The van der Waals surface area contributed by atoms with Gasteiger partial charge in [0.2, 0.25) is 0 Å². The summed E-state index contributed by atoms with van der Waals surface area (Å²) in [6.07, 6.45) is 0. The predicted octanol–water partition coefficient (Wildman–Crippen LogP) is 2.32. The third-order valence-corrected chi connectivity index (χ3v) is 2.32. The van der Waals surface area contributed by atoms with Crippen molar-refractivity contribution >= 4 is 0 Å². The zero-order valence-corrected chi connectivity index (χ0v) is 8.55. The van der Waals surface area contributed by atoms with E-state index in [0.29, 0.717) is 0 Å². The lowest BCUT2D eigenvalue weighted by molar-refractivity contribution is 0.422. The van der Waals surface area contributed by atoms with Crippen molar-refractivity contribution in [2.45, 2.75) is 0 Å². The monoisotopic (exact) mass is 236 g/mol. The Labute approximate surface area is 95.8 Å². The molecule has 17 heavy (non-hydrogen) atoms. The van der Waals surface area contributed by atoms with Gasteiger partial charge in [0.1, 0.15) is 17.2 Å². The van der Waals surface area contributed by atoms with E-state index in [2.05, 4.69) is 0 Å². The maximum Gasteiger partial charge on any atom is 0.169 e. The first-order valence-electron chi connectivity index (χ1n) is 4.73. The minimum atomic E-state index is -1.01. The van der Waals surface area contributed by atoms with Gasteiger partial charge in [-0.3, -0.25) is 0 Å². The number of halogens is 1. The second-order valence-corrected chi connectivity index (χ2v) is 3.53. The summed E-state index contributed by atoms with van der Waals surface area (Å²) in [6, 6.07) is 5.44. The van der Waals surface area contributed by atoms with Crippen molar-refractivity contribution in [3.05, 3.63) is 36.1 Å². The van der Waals surface area contributed by atoms with Crippen molar-refractivity contribution in [2.24, 2.45) is 0 Å². The lowest BCUT2D eigenvalue weighted by Gasteiger charge is -2.09. The van der Waals surface area contributed by atoms with Crippen LogP contribution in [-0.2, 0) is 0 Å². The molecule has 0 atom stereocenters. The van der Waals surface area contributed by atoms with Gasteiger partial charge in [0, 0.05) is 17.2 Å². The molecule has 0 amide bonds. The Bertz CT molecular complexity index is 581. The molecule has 0 aliphatic carbocycles. The Morgan fingerprint density at radius 2 is 1.41 bits per heavy atom. The second-order valence-electron chi connectivity index (χ2n) is 3.53. The molecule has 0 unspecified atom stereocenters. The van der Waals surface area contributed by atoms with Crippen molar-refractivity contribution < 1.29 is 24.8 Å². The van der Waals surface area contributed by atoms with Gasteiger partial charge in [0.15, 0.2) is 11.6 Å². The van der Waals surface area contributed by atoms with E-state index >= 15 is 0 Å². The molecule has 0 radical (unpaired) electrons. The lowest BCUT2D eigenvalue weighted by atomic mass is 10.0. The minimum absolute atomic E-state index is 0.0253. The van der Waals surface area contributed by atoms with Gasteiger partial charge in [0.25, 0.3) is 0 Å². The Morgan fingerprint density at radius 1 is 0.765 bits per heavy atom. The average molecular weight is 236 g/mol. The van der Waals surface area contributed by atoms with Gasteiger partial charge in [-0.1, -0.05) is 0 Å². The molecule has 5 heteroatoms. The average Bonchev–Trinajstić information content (AvgIpc) is 2.27. The largest absolute Gasteiger partial charge is 0.508 e. The van der Waals surface area contributed by atoms with Crippen LogP contribution in [0, 0.1) is 5.82 Å². The number of phenols is 4. The van der Waals surface area contributed by atoms with Crippen LogP contribution in [0.3, 0.4) is 0 Å². The molecule has 2 rings (SSSR count). The molecule has 88 valence electrons. The van der Waals surface area contributed by atoms with Crippen molar-refractivity contribution in [3.8, 4) is 34.1 Å². The predicted molar refractivity (Wildman–Crippen MR) is 58.5 cm³/mol. The topological polar surface area (TPSA) is 80.9 Å². The third-order valence-electron chi connectivity index (χ3n) is 2.32. The van der Waals surface area contributed by atoms with Crippen LogP contribution in [0.15, 0.2) is 30.3 Å². The lowest BCUT2D eigenvalue weighted by Crippen LogP contribution is -1.85. The van der Waals surface area contributed by atoms with E-state index in [4.69, 9.17) is 0 Å². The normalized spacial score (nSPS) is 10.4. The smallest absolute Gasteiger partial charge is 0.169 e. The number of benzene rings is 2. The molecule has 0 aliphatic rings. The van der Waals surface area contributed by atoms with Gasteiger partial charge in [0.05, 0.1) is 0 Å². The SMILES string of the molecule is Oc1ccc(O)c(-c2cc(O)cc(F)c2O)c1. The third kappa shape index (κ3) is 1.94. The summed E-state index contributed by atoms with van der Waals surface area (Å²) in [4.78, 5) is 0. The van der Waals surface area contributed by atoms with Crippen LogP contribution in [-0.4, -0.2) is 20.4 Å². The Hall–Kier alpha value is -2.43. The fraction of sp³-hybridized carbons (Fsp3) is 0. The Balaban J connectivity index is 2.72. The maximum atomic E-state index is 13.2. The van der Waals surface area contributed by atoms with Crippen LogP contribution in [0.2, 0.25) is 0 Å². The molecular weight excluding hydrogens is 227 g/mol. The molecule has 0 bridgehead atoms. The molecule has 0 saturated heterocycles. The molecule has 0 spiro atoms. The first kappa shape index (κ1) is 11.1. The highest BCUT2D eigenvalue weighted by Crippen LogP contribution is 2.40. The summed E-state index contributed by atoms with van der Waals surface area (Å²) in [5.41, 5.74) is -0.0757. The van der Waals surface area contributed by atoms with Crippen LogP contribution < -0.4 is 0 Å². The van der Waals surface area contributed by atoms with E-state index in [0.717, 1.165) is 18.2 Å². The van der Waals surface area contributed by atoms with E-state index in [1.165, 1.54) is 12.1 Å². The van der Waals surface area contributed by atoms with Crippen molar-refractivity contribution in [1.29, 1.82) is 0 Å². The van der Waals surface area contributed by atoms with Gasteiger partial charge in [-0.25, -0.2) is 4.39 Å².